The van der Waals surface area contributed by atoms with Crippen LogP contribution in [0.25, 0.3) is 22.7 Å². The second kappa shape index (κ2) is 8.73. The van der Waals surface area contributed by atoms with E-state index < -0.39 is 0 Å². The first-order chi connectivity index (χ1) is 14.7. The van der Waals surface area contributed by atoms with E-state index in [1.807, 2.05) is 66.7 Å². The lowest BCUT2D eigenvalue weighted by Gasteiger charge is -2.14. The zero-order valence-electron chi connectivity index (χ0n) is 16.2. The first-order valence-corrected chi connectivity index (χ1v) is 9.67. The Bertz CT molecular complexity index is 1220. The van der Waals surface area contributed by atoms with Gasteiger partial charge in [-0.25, -0.2) is 4.98 Å². The lowest BCUT2D eigenvalue weighted by molar-refractivity contribution is 0.284. The summed E-state index contributed by atoms with van der Waals surface area (Å²) in [6.07, 6.45) is 1.75. The van der Waals surface area contributed by atoms with Crippen LogP contribution >= 0.6 is 11.6 Å². The van der Waals surface area contributed by atoms with Crippen molar-refractivity contribution < 1.29 is 9.47 Å². The van der Waals surface area contributed by atoms with Crippen LogP contribution in [0.1, 0.15) is 17.0 Å². The molecule has 0 aliphatic heterocycles. The second-order valence-electron chi connectivity index (χ2n) is 6.57. The molecule has 0 atom stereocenters. The van der Waals surface area contributed by atoms with Crippen molar-refractivity contribution in [1.82, 2.24) is 9.97 Å². The molecule has 0 saturated heterocycles. The van der Waals surface area contributed by atoms with Gasteiger partial charge in [-0.05, 0) is 42.0 Å². The van der Waals surface area contributed by atoms with Crippen molar-refractivity contribution in [3.8, 4) is 17.6 Å². The van der Waals surface area contributed by atoms with Gasteiger partial charge in [-0.1, -0.05) is 48.0 Å². The number of hydrogen-bond donors (Lipinski definition) is 1. The number of nitrogens with one attached hydrogen (secondary N) is 1. The second-order valence-corrected chi connectivity index (χ2v) is 7.00. The minimum absolute atomic E-state index is 0.338. The van der Waals surface area contributed by atoms with Crippen LogP contribution in [0.2, 0.25) is 5.02 Å². The highest BCUT2D eigenvalue weighted by atomic mass is 35.5. The van der Waals surface area contributed by atoms with Crippen LogP contribution < -0.4 is 9.47 Å². The lowest BCUT2D eigenvalue weighted by Crippen LogP contribution is -1.99. The highest BCUT2D eigenvalue weighted by Gasteiger charge is 2.13. The predicted octanol–water partition coefficient (Wildman–Crippen LogP) is 5.87. The van der Waals surface area contributed by atoms with Gasteiger partial charge in [0, 0.05) is 10.6 Å². The number of ether oxygens (including phenoxy) is 2. The molecule has 0 spiro atoms. The standard InChI is InChI=1S/C24H18ClN3O2/c1-29-22-8-4-5-17(23(22)30-15-16-9-11-19(25)12-10-16)13-18(14-26)24-27-20-6-2-3-7-21(20)28-24/h2-13H,15H2,1H3,(H,27,28)/b18-13+. The summed E-state index contributed by atoms with van der Waals surface area (Å²) < 4.78 is 11.6. The molecule has 4 rings (SSSR count). The smallest absolute Gasteiger partial charge is 0.168 e. The van der Waals surface area contributed by atoms with E-state index in [4.69, 9.17) is 21.1 Å². The third kappa shape index (κ3) is 4.14. The van der Waals surface area contributed by atoms with Crippen LogP contribution in [-0.2, 0) is 6.61 Å². The van der Waals surface area contributed by atoms with Crippen molar-refractivity contribution in [3.63, 3.8) is 0 Å². The molecule has 4 aromatic rings. The minimum Gasteiger partial charge on any atom is -0.493 e. The van der Waals surface area contributed by atoms with Gasteiger partial charge in [-0.3, -0.25) is 0 Å². The van der Waals surface area contributed by atoms with Crippen molar-refractivity contribution in [2.24, 2.45) is 0 Å². The summed E-state index contributed by atoms with van der Waals surface area (Å²) in [7, 11) is 1.59. The first-order valence-electron chi connectivity index (χ1n) is 9.29. The van der Waals surface area contributed by atoms with Gasteiger partial charge in [0.2, 0.25) is 0 Å². The molecule has 148 valence electrons. The fraction of sp³-hybridized carbons (Fsp3) is 0.0833. The molecule has 0 saturated carbocycles. The van der Waals surface area contributed by atoms with Crippen LogP contribution in [0.5, 0.6) is 11.5 Å². The number of allylic oxidation sites excluding steroid dienone is 1. The molecule has 0 aliphatic rings. The number of H-pyrrole nitrogens is 1. The monoisotopic (exact) mass is 415 g/mol. The summed E-state index contributed by atoms with van der Waals surface area (Å²) >= 11 is 5.95. The van der Waals surface area contributed by atoms with E-state index in [1.165, 1.54) is 0 Å². The molecule has 0 unspecified atom stereocenters. The third-order valence-electron chi connectivity index (χ3n) is 4.59. The average Bonchev–Trinajstić information content (AvgIpc) is 3.21. The number of aromatic amines is 1. The summed E-state index contributed by atoms with van der Waals surface area (Å²) in [5, 5.41) is 10.4. The van der Waals surface area contributed by atoms with Gasteiger partial charge in [-0.2, -0.15) is 5.26 Å². The molecule has 0 aliphatic carbocycles. The molecule has 5 nitrogen and oxygen atoms in total. The molecule has 0 radical (unpaired) electrons. The Labute approximate surface area is 179 Å². The first kappa shape index (κ1) is 19.6. The maximum absolute atomic E-state index is 9.75. The summed E-state index contributed by atoms with van der Waals surface area (Å²) in [5.74, 6) is 1.64. The largest absolute Gasteiger partial charge is 0.493 e. The lowest BCUT2D eigenvalue weighted by atomic mass is 10.1. The molecule has 0 fully saturated rings. The number of rotatable bonds is 6. The van der Waals surface area contributed by atoms with Gasteiger partial charge < -0.3 is 14.5 Å². The topological polar surface area (TPSA) is 70.9 Å². The fourth-order valence-electron chi connectivity index (χ4n) is 3.09. The highest BCUT2D eigenvalue weighted by molar-refractivity contribution is 6.30. The number of fused-ring (bicyclic) bond motifs is 1. The molecule has 30 heavy (non-hydrogen) atoms. The Kier molecular flexibility index (Phi) is 5.69. The van der Waals surface area contributed by atoms with Gasteiger partial charge in [0.05, 0.1) is 23.7 Å². The Balaban J connectivity index is 1.70. The zero-order chi connectivity index (χ0) is 20.9. The Morgan fingerprint density at radius 2 is 1.90 bits per heavy atom. The third-order valence-corrected chi connectivity index (χ3v) is 4.84. The number of hydrogen-bond acceptors (Lipinski definition) is 4. The summed E-state index contributed by atoms with van der Waals surface area (Å²) in [6, 6.07) is 22.9. The maximum atomic E-state index is 9.75. The minimum atomic E-state index is 0.338. The van der Waals surface area contributed by atoms with E-state index in [-0.39, 0.29) is 0 Å². The van der Waals surface area contributed by atoms with Gasteiger partial charge in [0.1, 0.15) is 18.5 Å². The molecule has 6 heteroatoms. The number of methoxy groups -OCH3 is 1. The fourth-order valence-corrected chi connectivity index (χ4v) is 3.21. The van der Waals surface area contributed by atoms with Gasteiger partial charge in [-0.15, -0.1) is 0 Å². The Hall–Kier alpha value is -3.75. The highest BCUT2D eigenvalue weighted by Crippen LogP contribution is 2.34. The number of halogens is 1. The SMILES string of the molecule is COc1cccc(/C=C(\C#N)c2nc3ccccc3[nH]2)c1OCc1ccc(Cl)cc1. The van der Waals surface area contributed by atoms with Crippen molar-refractivity contribution in [2.75, 3.05) is 7.11 Å². The number of imidazole rings is 1. The van der Waals surface area contributed by atoms with E-state index in [0.717, 1.165) is 22.2 Å². The quantitative estimate of drug-likeness (QED) is 0.400. The van der Waals surface area contributed by atoms with Crippen LogP contribution in [0.15, 0.2) is 66.7 Å². The van der Waals surface area contributed by atoms with E-state index in [0.29, 0.717) is 34.5 Å². The van der Waals surface area contributed by atoms with Crippen molar-refractivity contribution in [3.05, 3.63) is 88.7 Å². The molecular formula is C24H18ClN3O2. The van der Waals surface area contributed by atoms with Gasteiger partial charge in [0.25, 0.3) is 0 Å². The van der Waals surface area contributed by atoms with Gasteiger partial charge >= 0.3 is 0 Å². The van der Waals surface area contributed by atoms with E-state index in [2.05, 4.69) is 16.0 Å². The molecular weight excluding hydrogens is 398 g/mol. The van der Waals surface area contributed by atoms with E-state index in [1.54, 1.807) is 13.2 Å². The summed E-state index contributed by atoms with van der Waals surface area (Å²) in [5.41, 5.74) is 3.77. The maximum Gasteiger partial charge on any atom is 0.168 e. The molecule has 1 heterocycles. The predicted molar refractivity (Wildman–Crippen MR) is 118 cm³/mol. The molecule has 0 amide bonds. The number of nitrogens with zero attached hydrogens (tertiary/aromatic N) is 2. The summed E-state index contributed by atoms with van der Waals surface area (Å²) in [4.78, 5) is 7.71. The van der Waals surface area contributed by atoms with Crippen molar-refractivity contribution in [2.45, 2.75) is 6.61 Å². The normalized spacial score (nSPS) is 11.3. The number of benzene rings is 3. The van der Waals surface area contributed by atoms with Crippen LogP contribution in [0.3, 0.4) is 0 Å². The Morgan fingerprint density at radius 3 is 2.63 bits per heavy atom. The molecule has 0 bridgehead atoms. The average molecular weight is 416 g/mol. The van der Waals surface area contributed by atoms with Gasteiger partial charge in [0.15, 0.2) is 11.5 Å². The molecule has 1 N–H and O–H groups in total. The summed E-state index contributed by atoms with van der Waals surface area (Å²) in [6.45, 7) is 0.338. The molecule has 3 aromatic carbocycles. The number of para-hydroxylation sites is 3. The van der Waals surface area contributed by atoms with E-state index in [9.17, 15) is 5.26 Å². The molecule has 1 aromatic heterocycles. The van der Waals surface area contributed by atoms with Crippen molar-refractivity contribution in [1.29, 1.82) is 5.26 Å². The zero-order valence-corrected chi connectivity index (χ0v) is 17.0. The number of nitriles is 1. The Morgan fingerprint density at radius 1 is 1.10 bits per heavy atom. The van der Waals surface area contributed by atoms with Crippen LogP contribution in [0, 0.1) is 11.3 Å². The number of aromatic nitrogens is 2. The van der Waals surface area contributed by atoms with Crippen LogP contribution in [0.4, 0.5) is 0 Å². The van der Waals surface area contributed by atoms with E-state index >= 15 is 0 Å². The van der Waals surface area contributed by atoms with Crippen molar-refractivity contribution >= 4 is 34.3 Å². The van der Waals surface area contributed by atoms with Crippen LogP contribution in [-0.4, -0.2) is 17.1 Å².